The number of sulfone groups is 1. The van der Waals surface area contributed by atoms with E-state index in [-0.39, 0.29) is 17.9 Å². The largest absolute Gasteiger partial charge is 0.481 e. The molecule has 5 heteroatoms. The number of carbonyl (C=O) groups is 1. The molecule has 0 amide bonds. The predicted octanol–water partition coefficient (Wildman–Crippen LogP) is 1.74. The monoisotopic (exact) mass is 282 g/mol. The van der Waals surface area contributed by atoms with Gasteiger partial charge in [-0.2, -0.15) is 0 Å². The summed E-state index contributed by atoms with van der Waals surface area (Å²) in [5.41, 5.74) is 1.84. The number of carboxylic acids is 1. The maximum Gasteiger partial charge on any atom is 0.311 e. The van der Waals surface area contributed by atoms with Gasteiger partial charge < -0.3 is 5.11 Å². The molecule has 2 rings (SSSR count). The van der Waals surface area contributed by atoms with Gasteiger partial charge in [0.15, 0.2) is 9.84 Å². The number of rotatable bonds is 3. The van der Waals surface area contributed by atoms with Gasteiger partial charge in [0.05, 0.1) is 16.9 Å². The summed E-state index contributed by atoms with van der Waals surface area (Å²) in [7, 11) is -3.23. The second kappa shape index (κ2) is 4.63. The minimum absolute atomic E-state index is 0.0236. The van der Waals surface area contributed by atoms with Gasteiger partial charge >= 0.3 is 5.97 Å². The Morgan fingerprint density at radius 1 is 1.32 bits per heavy atom. The van der Waals surface area contributed by atoms with Gasteiger partial charge in [-0.15, -0.1) is 0 Å². The minimum Gasteiger partial charge on any atom is -0.481 e. The third-order valence-corrected chi connectivity index (χ3v) is 5.82. The van der Waals surface area contributed by atoms with Crippen LogP contribution >= 0.6 is 0 Å². The number of carboxylic acid groups (broad SMARTS) is 1. The molecule has 0 saturated carbocycles. The maximum atomic E-state index is 11.6. The number of hydrogen-bond acceptors (Lipinski definition) is 3. The van der Waals surface area contributed by atoms with E-state index in [4.69, 9.17) is 0 Å². The molecule has 0 aliphatic carbocycles. The number of benzene rings is 1. The molecule has 1 aromatic rings. The summed E-state index contributed by atoms with van der Waals surface area (Å²) in [5.74, 6) is -1.27. The van der Waals surface area contributed by atoms with Crippen LogP contribution in [0.4, 0.5) is 0 Å². The highest BCUT2D eigenvalue weighted by molar-refractivity contribution is 7.91. The Morgan fingerprint density at radius 3 is 2.32 bits per heavy atom. The molecule has 0 radical (unpaired) electrons. The van der Waals surface area contributed by atoms with E-state index in [1.54, 1.807) is 0 Å². The summed E-state index contributed by atoms with van der Waals surface area (Å²) in [6.45, 7) is 3.86. The van der Waals surface area contributed by atoms with E-state index in [0.717, 1.165) is 16.7 Å². The van der Waals surface area contributed by atoms with Crippen LogP contribution < -0.4 is 0 Å². The van der Waals surface area contributed by atoms with Crippen LogP contribution in [0.5, 0.6) is 0 Å². The highest BCUT2D eigenvalue weighted by Crippen LogP contribution is 2.37. The van der Waals surface area contributed by atoms with E-state index in [1.165, 1.54) is 0 Å². The van der Waals surface area contributed by atoms with Crippen molar-refractivity contribution in [3.05, 3.63) is 34.9 Å². The standard InChI is InChI=1S/C14H18O4S/c1-10-4-3-5-11(2)12(10)8-14(13(15)16)6-7-19(17,18)9-14/h3-5H,6-9H2,1-2H3,(H,15,16). The van der Waals surface area contributed by atoms with Crippen molar-refractivity contribution in [2.24, 2.45) is 5.41 Å². The molecular formula is C14H18O4S. The van der Waals surface area contributed by atoms with Gasteiger partial charge in [-0.3, -0.25) is 4.79 Å². The lowest BCUT2D eigenvalue weighted by Crippen LogP contribution is -2.35. The molecule has 4 nitrogen and oxygen atoms in total. The molecule has 1 saturated heterocycles. The van der Waals surface area contributed by atoms with Crippen molar-refractivity contribution in [3.8, 4) is 0 Å². The van der Waals surface area contributed by atoms with Crippen molar-refractivity contribution >= 4 is 15.8 Å². The molecule has 104 valence electrons. The first-order valence-corrected chi connectivity index (χ1v) is 8.07. The lowest BCUT2D eigenvalue weighted by atomic mass is 9.79. The smallest absolute Gasteiger partial charge is 0.311 e. The highest BCUT2D eigenvalue weighted by Gasteiger charge is 2.48. The fourth-order valence-corrected chi connectivity index (χ4v) is 4.82. The zero-order chi connectivity index (χ0) is 14.3. The Morgan fingerprint density at radius 2 is 1.89 bits per heavy atom. The number of aliphatic carboxylic acids is 1. The van der Waals surface area contributed by atoms with Crippen molar-refractivity contribution in [3.63, 3.8) is 0 Å². The molecule has 1 aliphatic heterocycles. The lowest BCUT2D eigenvalue weighted by molar-refractivity contribution is -0.147. The second-order valence-electron chi connectivity index (χ2n) is 5.47. The van der Waals surface area contributed by atoms with Crippen LogP contribution in [0.1, 0.15) is 23.1 Å². The number of hydrogen-bond donors (Lipinski definition) is 1. The molecule has 0 spiro atoms. The van der Waals surface area contributed by atoms with Gasteiger partial charge in [0.2, 0.25) is 0 Å². The molecule has 19 heavy (non-hydrogen) atoms. The average Bonchev–Trinajstić information content (AvgIpc) is 2.61. The molecule has 1 aliphatic rings. The van der Waals surface area contributed by atoms with Gasteiger partial charge in [0.1, 0.15) is 0 Å². The van der Waals surface area contributed by atoms with Gasteiger partial charge in [-0.25, -0.2) is 8.42 Å². The van der Waals surface area contributed by atoms with Crippen LogP contribution in [-0.4, -0.2) is 31.0 Å². The number of aryl methyl sites for hydroxylation is 2. The predicted molar refractivity (Wildman–Crippen MR) is 73.0 cm³/mol. The highest BCUT2D eigenvalue weighted by atomic mass is 32.2. The van der Waals surface area contributed by atoms with Gasteiger partial charge in [-0.1, -0.05) is 18.2 Å². The van der Waals surface area contributed by atoms with E-state index >= 15 is 0 Å². The summed E-state index contributed by atoms with van der Waals surface area (Å²) in [6, 6.07) is 5.79. The summed E-state index contributed by atoms with van der Waals surface area (Å²) in [4.78, 5) is 11.6. The van der Waals surface area contributed by atoms with Crippen molar-refractivity contribution in [1.82, 2.24) is 0 Å². The van der Waals surface area contributed by atoms with E-state index < -0.39 is 21.2 Å². The molecule has 1 N–H and O–H groups in total. The van der Waals surface area contributed by atoms with Crippen molar-refractivity contribution in [2.45, 2.75) is 26.7 Å². The summed E-state index contributed by atoms with van der Waals surface area (Å²) in [5, 5.41) is 9.47. The van der Waals surface area contributed by atoms with Gasteiger partial charge in [-0.05, 0) is 43.4 Å². The molecular weight excluding hydrogens is 264 g/mol. The van der Waals surface area contributed by atoms with Crippen molar-refractivity contribution in [2.75, 3.05) is 11.5 Å². The van der Waals surface area contributed by atoms with Crippen LogP contribution in [0.15, 0.2) is 18.2 Å². The zero-order valence-electron chi connectivity index (χ0n) is 11.1. The fraction of sp³-hybridized carbons (Fsp3) is 0.500. The quantitative estimate of drug-likeness (QED) is 0.916. The molecule has 1 atom stereocenters. The fourth-order valence-electron chi connectivity index (χ4n) is 2.77. The van der Waals surface area contributed by atoms with Crippen LogP contribution in [0, 0.1) is 19.3 Å². The molecule has 1 unspecified atom stereocenters. The second-order valence-corrected chi connectivity index (χ2v) is 7.66. The van der Waals surface area contributed by atoms with Crippen LogP contribution in [0.3, 0.4) is 0 Å². The first kappa shape index (κ1) is 14.1. The third-order valence-electron chi connectivity index (χ3n) is 4.00. The molecule has 1 aromatic carbocycles. The SMILES string of the molecule is Cc1cccc(C)c1CC1(C(=O)O)CCS(=O)(=O)C1. The summed E-state index contributed by atoms with van der Waals surface area (Å²) >= 11 is 0. The Hall–Kier alpha value is -1.36. The van der Waals surface area contributed by atoms with E-state index in [2.05, 4.69) is 0 Å². The molecule has 0 bridgehead atoms. The maximum absolute atomic E-state index is 11.6. The lowest BCUT2D eigenvalue weighted by Gasteiger charge is -2.24. The Kier molecular flexibility index (Phi) is 3.43. The third kappa shape index (κ3) is 2.66. The van der Waals surface area contributed by atoms with E-state index in [9.17, 15) is 18.3 Å². The zero-order valence-corrected chi connectivity index (χ0v) is 12.0. The molecule has 0 aromatic heterocycles. The Bertz CT molecular complexity index is 598. The first-order valence-electron chi connectivity index (χ1n) is 6.25. The van der Waals surface area contributed by atoms with Crippen molar-refractivity contribution < 1.29 is 18.3 Å². The normalized spacial score (nSPS) is 25.4. The summed E-state index contributed by atoms with van der Waals surface area (Å²) < 4.78 is 23.3. The minimum atomic E-state index is -3.23. The van der Waals surface area contributed by atoms with Crippen LogP contribution in [0.25, 0.3) is 0 Å². The summed E-state index contributed by atoms with van der Waals surface area (Å²) in [6.07, 6.45) is 0.499. The Balaban J connectivity index is 2.41. The van der Waals surface area contributed by atoms with E-state index in [1.807, 2.05) is 32.0 Å². The first-order chi connectivity index (χ1) is 8.76. The molecule has 1 heterocycles. The average molecular weight is 282 g/mol. The Labute approximate surface area is 113 Å². The van der Waals surface area contributed by atoms with Crippen LogP contribution in [-0.2, 0) is 21.1 Å². The van der Waals surface area contributed by atoms with E-state index in [0.29, 0.717) is 6.42 Å². The molecule has 1 fully saturated rings. The van der Waals surface area contributed by atoms with Crippen molar-refractivity contribution in [1.29, 1.82) is 0 Å². The topological polar surface area (TPSA) is 71.4 Å². The van der Waals surface area contributed by atoms with Crippen LogP contribution in [0.2, 0.25) is 0 Å². The van der Waals surface area contributed by atoms with Gasteiger partial charge in [0, 0.05) is 0 Å². The van der Waals surface area contributed by atoms with Gasteiger partial charge in [0.25, 0.3) is 0 Å².